The lowest BCUT2D eigenvalue weighted by molar-refractivity contribution is -0.160. The number of hydrogen-bond donors (Lipinski definition) is 0. The number of carbonyl (C=O) groups excluding carboxylic acids is 2. The normalized spacial score (nSPS) is 47.0. The summed E-state index contributed by atoms with van der Waals surface area (Å²) in [7, 11) is 0. The summed E-state index contributed by atoms with van der Waals surface area (Å²) in [5, 5.41) is 0. The molecule has 0 aromatic carbocycles. The van der Waals surface area contributed by atoms with E-state index in [1.165, 1.54) is 5.57 Å². The molecule has 0 amide bonds. The summed E-state index contributed by atoms with van der Waals surface area (Å²) >= 11 is 0. The van der Waals surface area contributed by atoms with E-state index in [0.29, 0.717) is 24.7 Å². The maximum atomic E-state index is 12.7. The third-order valence-electron chi connectivity index (χ3n) is 8.80. The molecule has 0 aromatic rings. The van der Waals surface area contributed by atoms with Crippen molar-refractivity contribution in [1.29, 1.82) is 0 Å². The molecule has 0 N–H and O–H groups in total. The Labute approximate surface area is 181 Å². The Kier molecular flexibility index (Phi) is 4.96. The molecule has 0 radical (unpaired) electrons. The van der Waals surface area contributed by atoms with Crippen LogP contribution in [0, 0.1) is 28.6 Å². The molecule has 3 fully saturated rings. The lowest BCUT2D eigenvalue weighted by atomic mass is 9.47. The second kappa shape index (κ2) is 8.19. The Balaban J connectivity index is 1.57. The first-order chi connectivity index (χ1) is 15.0. The largest absolute Gasteiger partial charge is 0.462 e. The van der Waals surface area contributed by atoms with E-state index in [-0.39, 0.29) is 30.0 Å². The van der Waals surface area contributed by atoms with E-state index in [0.717, 1.165) is 51.4 Å². The summed E-state index contributed by atoms with van der Waals surface area (Å²) in [5.41, 5.74) is 0.614. The van der Waals surface area contributed by atoms with E-state index < -0.39 is 23.8 Å². The van der Waals surface area contributed by atoms with Crippen molar-refractivity contribution in [3.05, 3.63) is 11.6 Å². The van der Waals surface area contributed by atoms with Gasteiger partial charge in [-0.15, -0.1) is 0 Å². The zero-order valence-electron chi connectivity index (χ0n) is 21.5. The number of hydrogen-bond acceptors (Lipinski definition) is 3. The molecule has 0 heterocycles. The second-order valence-corrected chi connectivity index (χ2v) is 10.4. The summed E-state index contributed by atoms with van der Waals surface area (Å²) in [4.78, 5) is 24.7. The highest BCUT2D eigenvalue weighted by atomic mass is 16.5. The van der Waals surface area contributed by atoms with Gasteiger partial charge in [0.1, 0.15) is 6.08 Å². The Morgan fingerprint density at radius 2 is 2.00 bits per heavy atom. The average Bonchev–Trinajstić information content (AvgIpc) is 2.88. The van der Waals surface area contributed by atoms with Gasteiger partial charge in [0.15, 0.2) is 5.78 Å². The summed E-state index contributed by atoms with van der Waals surface area (Å²) in [6.07, 6.45) is 7.52. The zero-order chi connectivity index (χ0) is 23.4. The molecular formula is C26H40O3. The molecular weight excluding hydrogens is 360 g/mol. The SMILES string of the molecule is [2H]C1([2H])C[C@H]2[C@@H]3CCC4=CC(=O)CC[C@]4(C)[C@H]3CC[C@]2(C)[C@@]1([2H])OC(=O)CCCCCC. The fourth-order valence-electron chi connectivity index (χ4n) is 6.96. The third kappa shape index (κ3) is 3.72. The Morgan fingerprint density at radius 3 is 2.79 bits per heavy atom. The van der Waals surface area contributed by atoms with Gasteiger partial charge in [0.2, 0.25) is 0 Å². The van der Waals surface area contributed by atoms with Gasteiger partial charge in [-0.1, -0.05) is 45.6 Å². The molecule has 3 nitrogen and oxygen atoms in total. The second-order valence-electron chi connectivity index (χ2n) is 10.4. The molecule has 162 valence electrons. The number of carbonyl (C=O) groups is 2. The van der Waals surface area contributed by atoms with Crippen LogP contribution in [-0.2, 0) is 14.3 Å². The summed E-state index contributed by atoms with van der Waals surface area (Å²) in [6.45, 7) is 6.43. The number of allylic oxidation sites excluding steroid dienone is 1. The van der Waals surface area contributed by atoms with Gasteiger partial charge in [-0.05, 0) is 80.6 Å². The van der Waals surface area contributed by atoms with Gasteiger partial charge >= 0.3 is 5.97 Å². The van der Waals surface area contributed by atoms with Gasteiger partial charge < -0.3 is 4.74 Å². The summed E-state index contributed by atoms with van der Waals surface area (Å²) < 4.78 is 32.6. The number of unbranched alkanes of at least 4 members (excludes halogenated alkanes) is 3. The summed E-state index contributed by atoms with van der Waals surface area (Å²) in [5.74, 6) is 0.573. The highest BCUT2D eigenvalue weighted by Gasteiger charge is 2.59. The number of rotatable bonds is 6. The first kappa shape index (κ1) is 17.5. The fraction of sp³-hybridized carbons (Fsp3) is 0.846. The van der Waals surface area contributed by atoms with Crippen molar-refractivity contribution >= 4 is 11.8 Å². The Morgan fingerprint density at radius 1 is 1.17 bits per heavy atom. The van der Waals surface area contributed by atoms with E-state index in [1.54, 1.807) is 0 Å². The van der Waals surface area contributed by atoms with E-state index in [2.05, 4.69) is 13.8 Å². The van der Waals surface area contributed by atoms with Crippen molar-refractivity contribution < 1.29 is 18.4 Å². The average molecular weight is 404 g/mol. The van der Waals surface area contributed by atoms with Gasteiger partial charge in [-0.2, -0.15) is 0 Å². The van der Waals surface area contributed by atoms with Crippen LogP contribution >= 0.6 is 0 Å². The smallest absolute Gasteiger partial charge is 0.306 e. The maximum Gasteiger partial charge on any atom is 0.306 e. The van der Waals surface area contributed by atoms with Crippen LogP contribution < -0.4 is 0 Å². The molecule has 0 saturated heterocycles. The number of fused-ring (bicyclic) bond motifs is 5. The molecule has 0 aliphatic heterocycles. The topological polar surface area (TPSA) is 43.4 Å². The van der Waals surface area contributed by atoms with Crippen LogP contribution in [0.2, 0.25) is 0 Å². The molecule has 4 rings (SSSR count). The molecule has 0 unspecified atom stereocenters. The Hall–Kier alpha value is -1.12. The standard InChI is InChI=1S/C26H40O3/c1-4-5-6-7-8-24(28)29-23-12-11-21-20-10-9-18-17-19(27)13-15-25(18,2)22(20)14-16-26(21,23)3/h17,20-23H,4-16H2,1-3H3/t20-,21-,22-,23-,25-,26-/m0/s1/i12D2,23D. The fourth-order valence-corrected chi connectivity index (χ4v) is 6.96. The van der Waals surface area contributed by atoms with E-state index >= 15 is 0 Å². The minimum atomic E-state index is -1.86. The number of esters is 1. The molecule has 4 aliphatic carbocycles. The minimum Gasteiger partial charge on any atom is -0.462 e. The number of ketones is 1. The lowest BCUT2D eigenvalue weighted by Crippen LogP contribution is -2.51. The van der Waals surface area contributed by atoms with Crippen molar-refractivity contribution in [2.45, 2.75) is 110 Å². The van der Waals surface area contributed by atoms with Crippen LogP contribution in [0.1, 0.15) is 108 Å². The molecule has 4 aliphatic rings. The predicted octanol–water partition coefficient (Wildman–Crippen LogP) is 6.40. The maximum absolute atomic E-state index is 12.7. The first-order valence-electron chi connectivity index (χ1n) is 13.4. The zero-order valence-corrected chi connectivity index (χ0v) is 18.5. The van der Waals surface area contributed by atoms with Crippen molar-refractivity contribution in [2.75, 3.05) is 0 Å². The van der Waals surface area contributed by atoms with E-state index in [1.807, 2.05) is 13.0 Å². The van der Waals surface area contributed by atoms with Crippen LogP contribution in [0.4, 0.5) is 0 Å². The van der Waals surface area contributed by atoms with Gasteiger partial charge in [0, 0.05) is 21.0 Å². The van der Waals surface area contributed by atoms with Crippen LogP contribution in [0.25, 0.3) is 0 Å². The lowest BCUT2D eigenvalue weighted by Gasteiger charge is -2.57. The monoisotopic (exact) mass is 403 g/mol. The van der Waals surface area contributed by atoms with Gasteiger partial charge in [0.25, 0.3) is 0 Å². The van der Waals surface area contributed by atoms with Gasteiger partial charge in [-0.25, -0.2) is 0 Å². The van der Waals surface area contributed by atoms with Crippen LogP contribution in [0.3, 0.4) is 0 Å². The first-order valence-corrected chi connectivity index (χ1v) is 11.9. The van der Waals surface area contributed by atoms with Crippen molar-refractivity contribution in [3.8, 4) is 0 Å². The molecule has 0 bridgehead atoms. The van der Waals surface area contributed by atoms with Crippen molar-refractivity contribution in [1.82, 2.24) is 0 Å². The molecule has 0 spiro atoms. The minimum absolute atomic E-state index is 0.00804. The molecule has 6 atom stereocenters. The highest BCUT2D eigenvalue weighted by molar-refractivity contribution is 5.91. The van der Waals surface area contributed by atoms with E-state index in [4.69, 9.17) is 7.48 Å². The van der Waals surface area contributed by atoms with Crippen molar-refractivity contribution in [2.24, 2.45) is 28.6 Å². The molecule has 0 aromatic heterocycles. The highest BCUT2D eigenvalue weighted by Crippen LogP contribution is 2.65. The van der Waals surface area contributed by atoms with Crippen molar-refractivity contribution in [3.63, 3.8) is 0 Å². The third-order valence-corrected chi connectivity index (χ3v) is 8.80. The van der Waals surface area contributed by atoms with Crippen LogP contribution in [0.5, 0.6) is 0 Å². The van der Waals surface area contributed by atoms with Crippen LogP contribution in [0.15, 0.2) is 11.6 Å². The number of ether oxygens (including phenoxy) is 1. The Bertz CT molecular complexity index is 808. The summed E-state index contributed by atoms with van der Waals surface area (Å²) in [6, 6.07) is 0. The quantitative estimate of drug-likeness (QED) is 0.381. The molecule has 29 heavy (non-hydrogen) atoms. The molecule has 3 saturated carbocycles. The van der Waals surface area contributed by atoms with E-state index in [9.17, 15) is 11.0 Å². The predicted molar refractivity (Wildman–Crippen MR) is 115 cm³/mol. The van der Waals surface area contributed by atoms with Gasteiger partial charge in [0.05, 0.1) is 1.37 Å². The van der Waals surface area contributed by atoms with Gasteiger partial charge in [-0.3, -0.25) is 9.59 Å². The molecule has 3 heteroatoms. The van der Waals surface area contributed by atoms with Crippen LogP contribution in [-0.4, -0.2) is 17.8 Å².